The van der Waals surface area contributed by atoms with E-state index in [1.807, 2.05) is 0 Å². The maximum atomic E-state index is 12.7. The van der Waals surface area contributed by atoms with Gasteiger partial charge in [-0.15, -0.1) is 0 Å². The summed E-state index contributed by atoms with van der Waals surface area (Å²) in [6.07, 6.45) is 0. The van der Waals surface area contributed by atoms with Crippen molar-refractivity contribution in [3.8, 4) is 11.3 Å². The first kappa shape index (κ1) is 11.5. The second-order valence-corrected chi connectivity index (χ2v) is 3.74. The molecular weight excluding hydrogens is 245 g/mol. The van der Waals surface area contributed by atoms with Gasteiger partial charge in [-0.25, -0.2) is 4.39 Å². The van der Waals surface area contributed by atoms with E-state index in [-0.39, 0.29) is 11.4 Å². The van der Waals surface area contributed by atoms with Gasteiger partial charge in [0.15, 0.2) is 0 Å². The van der Waals surface area contributed by atoms with Gasteiger partial charge in [0, 0.05) is 5.69 Å². The Morgan fingerprint density at radius 2 is 1.76 bits per heavy atom. The normalized spacial score (nSPS) is 10.2. The van der Waals surface area contributed by atoms with Crippen molar-refractivity contribution >= 4 is 16.8 Å². The number of aromatic amines is 1. The fourth-order valence-electron chi connectivity index (χ4n) is 1.43. The highest BCUT2D eigenvalue weighted by atomic mass is 35.5. The molecule has 3 nitrogen and oxygen atoms in total. The number of hydrogen-bond acceptors (Lipinski definition) is 2. The van der Waals surface area contributed by atoms with Crippen molar-refractivity contribution in [3.05, 3.63) is 58.1 Å². The summed E-state index contributed by atoms with van der Waals surface area (Å²) in [5, 5.41) is -0.808. The van der Waals surface area contributed by atoms with Crippen LogP contribution >= 0.6 is 11.6 Å². The molecule has 0 aliphatic rings. The van der Waals surface area contributed by atoms with Crippen LogP contribution in [-0.4, -0.2) is 10.2 Å². The molecule has 5 heteroatoms. The Bertz CT molecular complexity index is 619. The first-order chi connectivity index (χ1) is 8.08. The molecule has 0 spiro atoms. The number of pyridine rings is 1. The van der Waals surface area contributed by atoms with E-state index in [0.717, 1.165) is 0 Å². The van der Waals surface area contributed by atoms with Crippen molar-refractivity contribution in [2.75, 3.05) is 0 Å². The van der Waals surface area contributed by atoms with Crippen molar-refractivity contribution in [3.63, 3.8) is 0 Å². The van der Waals surface area contributed by atoms with Gasteiger partial charge in [-0.2, -0.15) is 0 Å². The fraction of sp³-hybridized carbons (Fsp3) is 0. The summed E-state index contributed by atoms with van der Waals surface area (Å²) < 4.78 is 12.7. The molecule has 0 aliphatic carbocycles. The maximum Gasteiger partial charge on any atom is 0.260 e. The summed E-state index contributed by atoms with van der Waals surface area (Å²) in [7, 11) is 0. The van der Waals surface area contributed by atoms with E-state index < -0.39 is 10.8 Å². The molecule has 0 aliphatic heterocycles. The lowest BCUT2D eigenvalue weighted by atomic mass is 10.1. The summed E-state index contributed by atoms with van der Waals surface area (Å²) in [5.74, 6) is -0.358. The number of hydrogen-bond donors (Lipinski definition) is 1. The molecule has 0 amide bonds. The lowest BCUT2D eigenvalue weighted by molar-refractivity contribution is 0.108. The lowest BCUT2D eigenvalue weighted by Crippen LogP contribution is -2.14. The Morgan fingerprint density at radius 1 is 1.12 bits per heavy atom. The van der Waals surface area contributed by atoms with Gasteiger partial charge in [0.1, 0.15) is 5.82 Å². The molecule has 0 radical (unpaired) electrons. The van der Waals surface area contributed by atoms with Crippen molar-refractivity contribution in [2.24, 2.45) is 0 Å². The van der Waals surface area contributed by atoms with E-state index in [2.05, 4.69) is 4.98 Å². The van der Waals surface area contributed by atoms with Gasteiger partial charge in [0.2, 0.25) is 0 Å². The highest BCUT2D eigenvalue weighted by molar-refractivity contribution is 6.67. The van der Waals surface area contributed by atoms with E-state index >= 15 is 0 Å². The zero-order valence-electron chi connectivity index (χ0n) is 8.54. The summed E-state index contributed by atoms with van der Waals surface area (Å²) in [4.78, 5) is 24.9. The monoisotopic (exact) mass is 251 g/mol. The Labute approximate surface area is 101 Å². The minimum absolute atomic E-state index is 0.113. The number of carbonyl (C=O) groups is 1. The number of carbonyl (C=O) groups excluding carboxylic acids is 1. The molecule has 1 aromatic carbocycles. The molecule has 0 unspecified atom stereocenters. The first-order valence-corrected chi connectivity index (χ1v) is 5.15. The van der Waals surface area contributed by atoms with Crippen LogP contribution in [0.2, 0.25) is 0 Å². The van der Waals surface area contributed by atoms with Crippen molar-refractivity contribution < 1.29 is 9.18 Å². The molecule has 1 heterocycles. The first-order valence-electron chi connectivity index (χ1n) is 4.77. The quantitative estimate of drug-likeness (QED) is 0.834. The molecule has 2 rings (SSSR count). The molecule has 0 saturated carbocycles. The molecule has 0 bridgehead atoms. The summed E-state index contributed by atoms with van der Waals surface area (Å²) >= 11 is 5.22. The standard InChI is InChI=1S/C12H7ClFNO2/c13-11(16)9-5-6-10(15-12(9)17)7-1-3-8(14)4-2-7/h1-6H,(H,15,17). The van der Waals surface area contributed by atoms with Gasteiger partial charge >= 0.3 is 0 Å². The Balaban J connectivity index is 2.48. The van der Waals surface area contributed by atoms with E-state index in [4.69, 9.17) is 11.6 Å². The predicted octanol–water partition coefficient (Wildman–Crippen LogP) is 2.56. The fourth-order valence-corrected chi connectivity index (χ4v) is 1.58. The third kappa shape index (κ3) is 2.42. The largest absolute Gasteiger partial charge is 0.321 e. The van der Waals surface area contributed by atoms with E-state index in [1.165, 1.54) is 30.3 Å². The van der Waals surface area contributed by atoms with Crippen LogP contribution in [0.1, 0.15) is 10.4 Å². The van der Waals surface area contributed by atoms with Gasteiger partial charge < -0.3 is 4.98 Å². The van der Waals surface area contributed by atoms with Gasteiger partial charge in [-0.1, -0.05) is 0 Å². The SMILES string of the molecule is O=C(Cl)c1ccc(-c2ccc(F)cc2)[nH]c1=O. The molecule has 1 aromatic heterocycles. The molecule has 17 heavy (non-hydrogen) atoms. The molecule has 0 atom stereocenters. The van der Waals surface area contributed by atoms with Crippen LogP contribution in [-0.2, 0) is 0 Å². The van der Waals surface area contributed by atoms with Crippen LogP contribution < -0.4 is 5.56 Å². The molecule has 0 saturated heterocycles. The van der Waals surface area contributed by atoms with E-state index in [0.29, 0.717) is 11.3 Å². The van der Waals surface area contributed by atoms with Crippen LogP contribution in [0, 0.1) is 5.82 Å². The number of halogens is 2. The maximum absolute atomic E-state index is 12.7. The van der Waals surface area contributed by atoms with Crippen molar-refractivity contribution in [1.82, 2.24) is 4.98 Å². The summed E-state index contributed by atoms with van der Waals surface area (Å²) in [6, 6.07) is 8.52. The number of benzene rings is 1. The topological polar surface area (TPSA) is 49.9 Å². The van der Waals surface area contributed by atoms with E-state index in [9.17, 15) is 14.0 Å². The number of aromatic nitrogens is 1. The van der Waals surface area contributed by atoms with Gasteiger partial charge in [-0.3, -0.25) is 9.59 Å². The number of nitrogens with one attached hydrogen (secondary N) is 1. The van der Waals surface area contributed by atoms with Crippen molar-refractivity contribution in [1.29, 1.82) is 0 Å². The Hall–Kier alpha value is -1.94. The summed E-state index contributed by atoms with van der Waals surface area (Å²) in [5.41, 5.74) is 0.470. The third-order valence-electron chi connectivity index (χ3n) is 2.28. The average molecular weight is 252 g/mol. The smallest absolute Gasteiger partial charge is 0.260 e. The highest BCUT2D eigenvalue weighted by Gasteiger charge is 2.08. The lowest BCUT2D eigenvalue weighted by Gasteiger charge is -2.02. The molecular formula is C12H7ClFNO2. The van der Waals surface area contributed by atoms with Gasteiger partial charge in [0.05, 0.1) is 5.56 Å². The zero-order chi connectivity index (χ0) is 12.4. The number of rotatable bonds is 2. The van der Waals surface area contributed by atoms with E-state index in [1.54, 1.807) is 6.07 Å². The minimum Gasteiger partial charge on any atom is -0.321 e. The van der Waals surface area contributed by atoms with Gasteiger partial charge in [0.25, 0.3) is 10.8 Å². The Kier molecular flexibility index (Phi) is 3.06. The van der Waals surface area contributed by atoms with Crippen LogP contribution in [0.25, 0.3) is 11.3 Å². The zero-order valence-corrected chi connectivity index (χ0v) is 9.29. The second-order valence-electron chi connectivity index (χ2n) is 3.40. The molecule has 1 N–H and O–H groups in total. The van der Waals surface area contributed by atoms with Gasteiger partial charge in [-0.05, 0) is 53.6 Å². The molecule has 2 aromatic rings. The average Bonchev–Trinajstić information content (AvgIpc) is 2.29. The van der Waals surface area contributed by atoms with Crippen LogP contribution in [0.4, 0.5) is 4.39 Å². The molecule has 0 fully saturated rings. The second kappa shape index (κ2) is 4.51. The van der Waals surface area contributed by atoms with Crippen LogP contribution in [0.3, 0.4) is 0 Å². The Morgan fingerprint density at radius 3 is 2.29 bits per heavy atom. The molecule has 86 valence electrons. The van der Waals surface area contributed by atoms with Crippen molar-refractivity contribution in [2.45, 2.75) is 0 Å². The van der Waals surface area contributed by atoms with Crippen LogP contribution in [0.5, 0.6) is 0 Å². The highest BCUT2D eigenvalue weighted by Crippen LogP contribution is 2.16. The minimum atomic E-state index is -0.808. The predicted molar refractivity (Wildman–Crippen MR) is 62.6 cm³/mol. The van der Waals surface area contributed by atoms with Crippen LogP contribution in [0.15, 0.2) is 41.2 Å². The summed E-state index contributed by atoms with van der Waals surface area (Å²) in [6.45, 7) is 0. The number of H-pyrrole nitrogens is 1. The third-order valence-corrected chi connectivity index (χ3v) is 2.48.